The van der Waals surface area contributed by atoms with Crippen LogP contribution in [-0.4, -0.2) is 23.4 Å². The van der Waals surface area contributed by atoms with Gasteiger partial charge in [-0.05, 0) is 39.9 Å². The molecule has 19 heavy (non-hydrogen) atoms. The van der Waals surface area contributed by atoms with Crippen LogP contribution in [0.15, 0.2) is 30.3 Å². The van der Waals surface area contributed by atoms with E-state index in [1.807, 2.05) is 19.9 Å². The fraction of sp³-hybridized carbons (Fsp3) is 0.625. The molecule has 0 aliphatic carbocycles. The molecule has 0 aromatic heterocycles. The van der Waals surface area contributed by atoms with Gasteiger partial charge in [-0.3, -0.25) is 4.67 Å². The molecule has 0 heterocycles. The summed E-state index contributed by atoms with van der Waals surface area (Å²) in [5.74, 6) is 0. The first-order valence-corrected chi connectivity index (χ1v) is 8.87. The first kappa shape index (κ1) is 18.6. The second kappa shape index (κ2) is 10.4. The van der Waals surface area contributed by atoms with Crippen LogP contribution in [0.3, 0.4) is 0 Å². The highest BCUT2D eigenvalue weighted by Crippen LogP contribution is 2.41. The van der Waals surface area contributed by atoms with Gasteiger partial charge in [-0.25, -0.2) is 0 Å². The largest absolute Gasteiger partial charge is 0.339 e. The smallest absolute Gasteiger partial charge is 0.102 e. The Morgan fingerprint density at radius 2 is 1.47 bits per heavy atom. The zero-order valence-electron chi connectivity index (χ0n) is 13.6. The molecule has 0 aliphatic heterocycles. The van der Waals surface area contributed by atoms with Crippen LogP contribution in [-0.2, 0) is 11.1 Å². The summed E-state index contributed by atoms with van der Waals surface area (Å²) in [6, 6.07) is 11.4. The molecular formula is C16H30NOP. The number of nitrogens with zero attached hydrogens (tertiary/aromatic N) is 1. The molecule has 0 saturated heterocycles. The molecule has 2 nitrogen and oxygen atoms in total. The average molecular weight is 283 g/mol. The van der Waals surface area contributed by atoms with Gasteiger partial charge in [0.05, 0.1) is 6.61 Å². The summed E-state index contributed by atoms with van der Waals surface area (Å²) >= 11 is 0. The van der Waals surface area contributed by atoms with E-state index in [0.717, 1.165) is 0 Å². The first-order valence-electron chi connectivity index (χ1n) is 7.21. The molecule has 0 saturated carbocycles. The minimum atomic E-state index is -0.513. The predicted octanol–water partition coefficient (Wildman–Crippen LogP) is 5.29. The Hall–Kier alpha value is -0.430. The van der Waals surface area contributed by atoms with Gasteiger partial charge in [0.1, 0.15) is 8.30 Å². The van der Waals surface area contributed by atoms with Crippen molar-refractivity contribution in [3.63, 3.8) is 0 Å². The maximum atomic E-state index is 6.00. The van der Waals surface area contributed by atoms with E-state index in [4.69, 9.17) is 4.52 Å². The van der Waals surface area contributed by atoms with Crippen LogP contribution in [0.5, 0.6) is 0 Å². The van der Waals surface area contributed by atoms with Gasteiger partial charge in [0, 0.05) is 12.1 Å². The molecule has 110 valence electrons. The lowest BCUT2D eigenvalue weighted by atomic mass is 10.2. The summed E-state index contributed by atoms with van der Waals surface area (Å²) in [6.45, 7) is 15.8. The minimum Gasteiger partial charge on any atom is -0.339 e. The zero-order chi connectivity index (χ0) is 14.8. The number of rotatable bonds is 6. The Morgan fingerprint density at radius 3 is 1.89 bits per heavy atom. The predicted molar refractivity (Wildman–Crippen MR) is 87.5 cm³/mol. The van der Waals surface area contributed by atoms with Gasteiger partial charge in [-0.1, -0.05) is 44.2 Å². The van der Waals surface area contributed by atoms with Gasteiger partial charge in [0.25, 0.3) is 0 Å². The minimum absolute atomic E-state index is 0.513. The molecule has 1 rings (SSSR count). The van der Waals surface area contributed by atoms with Gasteiger partial charge in [0.15, 0.2) is 0 Å². The highest BCUT2D eigenvalue weighted by atomic mass is 31.2. The quantitative estimate of drug-likeness (QED) is 0.658. The summed E-state index contributed by atoms with van der Waals surface area (Å²) in [7, 11) is -0.513. The first-order chi connectivity index (χ1) is 9.02. The molecule has 0 aliphatic rings. The molecular weight excluding hydrogens is 253 g/mol. The van der Waals surface area contributed by atoms with Crippen molar-refractivity contribution in [1.29, 1.82) is 0 Å². The van der Waals surface area contributed by atoms with E-state index in [0.29, 0.717) is 18.7 Å². The van der Waals surface area contributed by atoms with Crippen LogP contribution >= 0.6 is 8.30 Å². The van der Waals surface area contributed by atoms with Crippen molar-refractivity contribution in [2.45, 2.75) is 60.2 Å². The van der Waals surface area contributed by atoms with Crippen molar-refractivity contribution in [1.82, 2.24) is 4.67 Å². The average Bonchev–Trinajstić information content (AvgIpc) is 2.39. The number of hydrogen-bond donors (Lipinski definition) is 0. The topological polar surface area (TPSA) is 12.5 Å². The molecule has 0 amide bonds. The Bertz CT molecular complexity index is 306. The SMILES string of the molecule is CC.CC(C)N(C(C)C)P(C)OCc1ccccc1. The molecule has 0 N–H and O–H groups in total. The molecule has 0 fully saturated rings. The number of benzene rings is 1. The lowest BCUT2D eigenvalue weighted by Gasteiger charge is -2.35. The van der Waals surface area contributed by atoms with Gasteiger partial charge >= 0.3 is 0 Å². The van der Waals surface area contributed by atoms with Crippen LogP contribution in [0.25, 0.3) is 0 Å². The van der Waals surface area contributed by atoms with Crippen molar-refractivity contribution < 1.29 is 4.52 Å². The third kappa shape index (κ3) is 7.06. The second-order valence-corrected chi connectivity index (χ2v) is 6.44. The van der Waals surface area contributed by atoms with Gasteiger partial charge < -0.3 is 4.52 Å². The van der Waals surface area contributed by atoms with E-state index in [1.54, 1.807) is 0 Å². The second-order valence-electron chi connectivity index (χ2n) is 4.79. The molecule has 1 unspecified atom stereocenters. The maximum Gasteiger partial charge on any atom is 0.102 e. The van der Waals surface area contributed by atoms with E-state index in [1.165, 1.54) is 5.56 Å². The van der Waals surface area contributed by atoms with E-state index in [-0.39, 0.29) is 0 Å². The maximum absolute atomic E-state index is 6.00. The third-order valence-corrected chi connectivity index (χ3v) is 4.72. The normalized spacial score (nSPS) is 12.5. The summed E-state index contributed by atoms with van der Waals surface area (Å²) < 4.78 is 8.45. The lowest BCUT2D eigenvalue weighted by molar-refractivity contribution is 0.250. The molecule has 1 atom stereocenters. The van der Waals surface area contributed by atoms with Crippen LogP contribution < -0.4 is 0 Å². The van der Waals surface area contributed by atoms with E-state index < -0.39 is 8.30 Å². The molecule has 0 bridgehead atoms. The van der Waals surface area contributed by atoms with Crippen molar-refractivity contribution >= 4 is 8.30 Å². The lowest BCUT2D eigenvalue weighted by Crippen LogP contribution is -2.32. The summed E-state index contributed by atoms with van der Waals surface area (Å²) in [5, 5.41) is 0. The Kier molecular flexibility index (Phi) is 10.1. The summed E-state index contributed by atoms with van der Waals surface area (Å²) in [5.41, 5.74) is 1.24. The van der Waals surface area contributed by atoms with Crippen molar-refractivity contribution in [3.05, 3.63) is 35.9 Å². The Labute approximate surface area is 121 Å². The fourth-order valence-corrected chi connectivity index (χ4v) is 3.83. The van der Waals surface area contributed by atoms with Crippen molar-refractivity contribution in [2.75, 3.05) is 6.66 Å². The Balaban J connectivity index is 0.00000154. The number of hydrogen-bond acceptors (Lipinski definition) is 2. The summed E-state index contributed by atoms with van der Waals surface area (Å²) in [4.78, 5) is 0. The Morgan fingerprint density at radius 1 is 1.00 bits per heavy atom. The monoisotopic (exact) mass is 283 g/mol. The van der Waals surface area contributed by atoms with Crippen molar-refractivity contribution in [3.8, 4) is 0 Å². The molecule has 0 spiro atoms. The third-order valence-electron chi connectivity index (χ3n) is 2.64. The molecule has 0 radical (unpaired) electrons. The standard InChI is InChI=1S/C14H24NOP.C2H6/c1-12(2)15(13(3)4)17(5)16-11-14-9-7-6-8-10-14;1-2/h6-10,12-13H,11H2,1-5H3;1-2H3. The van der Waals surface area contributed by atoms with Crippen LogP contribution in [0.2, 0.25) is 0 Å². The van der Waals surface area contributed by atoms with Crippen LogP contribution in [0.1, 0.15) is 47.1 Å². The van der Waals surface area contributed by atoms with Gasteiger partial charge in [0.2, 0.25) is 0 Å². The fourth-order valence-electron chi connectivity index (χ4n) is 2.06. The van der Waals surface area contributed by atoms with Crippen LogP contribution in [0.4, 0.5) is 0 Å². The molecule has 1 aromatic carbocycles. The van der Waals surface area contributed by atoms with Gasteiger partial charge in [-0.15, -0.1) is 0 Å². The van der Waals surface area contributed by atoms with Crippen LogP contribution in [0, 0.1) is 0 Å². The zero-order valence-corrected chi connectivity index (χ0v) is 14.4. The van der Waals surface area contributed by atoms with Crippen molar-refractivity contribution in [2.24, 2.45) is 0 Å². The van der Waals surface area contributed by atoms with E-state index in [9.17, 15) is 0 Å². The van der Waals surface area contributed by atoms with Gasteiger partial charge in [-0.2, -0.15) is 0 Å². The molecule has 1 aromatic rings. The van der Waals surface area contributed by atoms with E-state index in [2.05, 4.69) is 63.3 Å². The van der Waals surface area contributed by atoms with E-state index >= 15 is 0 Å². The highest BCUT2D eigenvalue weighted by molar-refractivity contribution is 7.49. The summed E-state index contributed by atoms with van der Waals surface area (Å²) in [6.07, 6.45) is 0. The highest BCUT2D eigenvalue weighted by Gasteiger charge is 2.20. The molecule has 3 heteroatoms.